The van der Waals surface area contributed by atoms with Crippen LogP contribution >= 0.6 is 11.8 Å². The van der Waals surface area contributed by atoms with E-state index in [1.165, 1.54) is 55.9 Å². The standard InChI is InChI=1S/C27H35FN6O2S/c1-2-3-4-5-6-7-12-31-26(36)32-13-14-34-18-23(15-22-16-29-20-30-17-22)25(35)33-27(34)37-19-21-8-10-24(28)11-9-21/h8-11,16-18,20H,2-7,12-15,19H2,1H3,(H2,31,32,36). The number of carbonyl (C=O) groups is 1. The van der Waals surface area contributed by atoms with E-state index in [0.717, 1.165) is 24.0 Å². The molecule has 2 aromatic heterocycles. The second-order valence-corrected chi connectivity index (χ2v) is 9.78. The fourth-order valence-electron chi connectivity index (χ4n) is 3.75. The largest absolute Gasteiger partial charge is 0.338 e. The Bertz CT molecular complexity index is 1160. The fourth-order valence-corrected chi connectivity index (χ4v) is 4.69. The molecule has 198 valence electrons. The highest BCUT2D eigenvalue weighted by Crippen LogP contribution is 2.21. The molecule has 0 aliphatic carbocycles. The normalized spacial score (nSPS) is 10.9. The predicted octanol–water partition coefficient (Wildman–Crippen LogP) is 4.72. The van der Waals surface area contributed by atoms with E-state index >= 15 is 0 Å². The molecule has 0 aliphatic rings. The lowest BCUT2D eigenvalue weighted by atomic mass is 10.1. The molecule has 0 atom stereocenters. The van der Waals surface area contributed by atoms with Gasteiger partial charge in [-0.25, -0.2) is 19.2 Å². The van der Waals surface area contributed by atoms with Crippen molar-refractivity contribution in [2.24, 2.45) is 0 Å². The van der Waals surface area contributed by atoms with Crippen LogP contribution in [0, 0.1) is 5.82 Å². The van der Waals surface area contributed by atoms with Crippen LogP contribution in [0.2, 0.25) is 0 Å². The van der Waals surface area contributed by atoms with Crippen LogP contribution in [0.3, 0.4) is 0 Å². The zero-order valence-corrected chi connectivity index (χ0v) is 22.1. The first-order valence-corrected chi connectivity index (χ1v) is 13.8. The van der Waals surface area contributed by atoms with E-state index < -0.39 is 0 Å². The molecule has 2 N–H and O–H groups in total. The Morgan fingerprint density at radius 1 is 0.973 bits per heavy atom. The van der Waals surface area contributed by atoms with E-state index in [2.05, 4.69) is 32.5 Å². The van der Waals surface area contributed by atoms with E-state index in [9.17, 15) is 14.0 Å². The van der Waals surface area contributed by atoms with E-state index in [-0.39, 0.29) is 17.4 Å². The summed E-state index contributed by atoms with van der Waals surface area (Å²) in [7, 11) is 0. The minimum atomic E-state index is -0.314. The van der Waals surface area contributed by atoms with E-state index in [4.69, 9.17) is 0 Å². The van der Waals surface area contributed by atoms with Gasteiger partial charge in [-0.3, -0.25) is 4.79 Å². The molecule has 8 nitrogen and oxygen atoms in total. The van der Waals surface area contributed by atoms with Crippen molar-refractivity contribution in [1.29, 1.82) is 0 Å². The molecule has 0 bridgehead atoms. The molecular weight excluding hydrogens is 491 g/mol. The van der Waals surface area contributed by atoms with Gasteiger partial charge in [0.2, 0.25) is 0 Å². The summed E-state index contributed by atoms with van der Waals surface area (Å²) < 4.78 is 15.1. The summed E-state index contributed by atoms with van der Waals surface area (Å²) in [5.41, 5.74) is 1.94. The molecule has 0 saturated carbocycles. The van der Waals surface area contributed by atoms with Crippen LogP contribution < -0.4 is 16.2 Å². The van der Waals surface area contributed by atoms with Crippen molar-refractivity contribution in [3.8, 4) is 0 Å². The number of urea groups is 1. The molecule has 2 heterocycles. The van der Waals surface area contributed by atoms with Crippen LogP contribution in [0.15, 0.2) is 59.1 Å². The average molecular weight is 527 g/mol. The van der Waals surface area contributed by atoms with Crippen molar-refractivity contribution in [3.63, 3.8) is 0 Å². The zero-order valence-electron chi connectivity index (χ0n) is 21.3. The van der Waals surface area contributed by atoms with Crippen LogP contribution in [0.25, 0.3) is 0 Å². The second-order valence-electron chi connectivity index (χ2n) is 8.84. The number of aromatic nitrogens is 4. The second kappa shape index (κ2) is 15.8. The summed E-state index contributed by atoms with van der Waals surface area (Å²) >= 11 is 1.40. The first-order valence-electron chi connectivity index (χ1n) is 12.8. The third-order valence-electron chi connectivity index (χ3n) is 5.77. The minimum Gasteiger partial charge on any atom is -0.338 e. The van der Waals surface area contributed by atoms with Gasteiger partial charge in [-0.15, -0.1) is 0 Å². The molecule has 0 aliphatic heterocycles. The van der Waals surface area contributed by atoms with Gasteiger partial charge in [0.05, 0.1) is 0 Å². The predicted molar refractivity (Wildman–Crippen MR) is 144 cm³/mol. The molecule has 0 radical (unpaired) electrons. The number of rotatable bonds is 15. The Balaban J connectivity index is 1.59. The smallest absolute Gasteiger partial charge is 0.314 e. The van der Waals surface area contributed by atoms with Gasteiger partial charge >= 0.3 is 6.03 Å². The van der Waals surface area contributed by atoms with Gasteiger partial charge in [0, 0.05) is 56.0 Å². The molecule has 10 heteroatoms. The third-order valence-corrected chi connectivity index (χ3v) is 6.83. The van der Waals surface area contributed by atoms with Gasteiger partial charge in [0.15, 0.2) is 5.16 Å². The maximum atomic E-state index is 13.2. The molecule has 3 aromatic rings. The fraction of sp³-hybridized carbons (Fsp3) is 0.444. The van der Waals surface area contributed by atoms with Gasteiger partial charge in [-0.1, -0.05) is 62.9 Å². The Morgan fingerprint density at radius 2 is 1.68 bits per heavy atom. The topological polar surface area (TPSA) is 102 Å². The van der Waals surface area contributed by atoms with Crippen LogP contribution in [-0.2, 0) is 18.7 Å². The summed E-state index contributed by atoms with van der Waals surface area (Å²) in [4.78, 5) is 37.3. The van der Waals surface area contributed by atoms with Crippen LogP contribution in [0.4, 0.5) is 9.18 Å². The zero-order chi connectivity index (χ0) is 26.3. The highest BCUT2D eigenvalue weighted by molar-refractivity contribution is 7.98. The molecule has 37 heavy (non-hydrogen) atoms. The molecular formula is C27H35FN6O2S. The SMILES string of the molecule is CCCCCCCCNC(=O)NCCn1cc(Cc2cncnc2)c(=O)nc1SCc1ccc(F)cc1. The Morgan fingerprint density at radius 3 is 2.43 bits per heavy atom. The Hall–Kier alpha value is -3.27. The van der Waals surface area contributed by atoms with Crippen molar-refractivity contribution in [2.75, 3.05) is 13.1 Å². The number of nitrogens with one attached hydrogen (secondary N) is 2. The van der Waals surface area contributed by atoms with Gasteiger partial charge in [-0.05, 0) is 29.7 Å². The summed E-state index contributed by atoms with van der Waals surface area (Å²) in [6.45, 7) is 3.67. The number of amides is 2. The number of halogens is 1. The van der Waals surface area contributed by atoms with Crippen LogP contribution in [0.5, 0.6) is 0 Å². The van der Waals surface area contributed by atoms with Gasteiger partial charge < -0.3 is 15.2 Å². The number of unbranched alkanes of at least 4 members (excludes halogenated alkanes) is 5. The van der Waals surface area contributed by atoms with Gasteiger partial charge in [-0.2, -0.15) is 4.98 Å². The Kier molecular flexibility index (Phi) is 12.1. The number of hydrogen-bond donors (Lipinski definition) is 2. The van der Waals surface area contributed by atoms with Crippen molar-refractivity contribution in [2.45, 2.75) is 69.3 Å². The Labute approximate surface area is 221 Å². The number of hydrogen-bond acceptors (Lipinski definition) is 6. The highest BCUT2D eigenvalue weighted by Gasteiger charge is 2.11. The lowest BCUT2D eigenvalue weighted by Gasteiger charge is -2.15. The first-order chi connectivity index (χ1) is 18.0. The van der Waals surface area contributed by atoms with Crippen molar-refractivity contribution in [1.82, 2.24) is 30.2 Å². The lowest BCUT2D eigenvalue weighted by molar-refractivity contribution is 0.240. The van der Waals surface area contributed by atoms with Crippen molar-refractivity contribution >= 4 is 17.8 Å². The maximum absolute atomic E-state index is 13.2. The summed E-state index contributed by atoms with van der Waals surface area (Å²) in [5.74, 6) is 0.240. The maximum Gasteiger partial charge on any atom is 0.314 e. The quantitative estimate of drug-likeness (QED) is 0.169. The van der Waals surface area contributed by atoms with E-state index in [1.807, 2.05) is 4.57 Å². The molecule has 2 amide bonds. The summed E-state index contributed by atoms with van der Waals surface area (Å²) in [6.07, 6.45) is 14.0. The van der Waals surface area contributed by atoms with Crippen molar-refractivity contribution < 1.29 is 9.18 Å². The first kappa shape index (κ1) is 28.3. The van der Waals surface area contributed by atoms with Gasteiger partial charge in [0.1, 0.15) is 12.1 Å². The highest BCUT2D eigenvalue weighted by atomic mass is 32.2. The third kappa shape index (κ3) is 10.3. The molecule has 1 aromatic carbocycles. The van der Waals surface area contributed by atoms with E-state index in [1.54, 1.807) is 30.7 Å². The van der Waals surface area contributed by atoms with E-state index in [0.29, 0.717) is 42.5 Å². The monoisotopic (exact) mass is 526 g/mol. The lowest BCUT2D eigenvalue weighted by Crippen LogP contribution is -2.38. The number of benzene rings is 1. The summed E-state index contributed by atoms with van der Waals surface area (Å²) in [5, 5.41) is 6.33. The minimum absolute atomic E-state index is 0.204. The molecule has 0 fully saturated rings. The van der Waals surface area contributed by atoms with Crippen LogP contribution in [-0.4, -0.2) is 38.6 Å². The molecule has 0 saturated heterocycles. The summed E-state index contributed by atoms with van der Waals surface area (Å²) in [6, 6.07) is 6.04. The van der Waals surface area contributed by atoms with Gasteiger partial charge in [0.25, 0.3) is 5.56 Å². The number of nitrogens with zero attached hydrogens (tertiary/aromatic N) is 4. The molecule has 0 unspecified atom stereocenters. The van der Waals surface area contributed by atoms with Crippen LogP contribution in [0.1, 0.15) is 62.1 Å². The molecule has 3 rings (SSSR count). The average Bonchev–Trinajstić information content (AvgIpc) is 2.90. The molecule has 0 spiro atoms. The number of carbonyl (C=O) groups excluding carboxylic acids is 1. The number of thioether (sulfide) groups is 1. The van der Waals surface area contributed by atoms with Crippen molar-refractivity contribution in [3.05, 3.63) is 82.0 Å².